The molecule has 0 bridgehead atoms. The van der Waals surface area contributed by atoms with Crippen LogP contribution in [0.3, 0.4) is 0 Å². The number of rotatable bonds is 44. The number of hydrogen-bond acceptors (Lipinski definition) is 8. The summed E-state index contributed by atoms with van der Waals surface area (Å²) in [5, 5.41) is 55.5. The number of amides is 1. The van der Waals surface area contributed by atoms with Crippen LogP contribution in [0.25, 0.3) is 0 Å². The van der Waals surface area contributed by atoms with Crippen molar-refractivity contribution >= 4 is 5.91 Å². The van der Waals surface area contributed by atoms with Gasteiger partial charge < -0.3 is 40.3 Å². The van der Waals surface area contributed by atoms with Gasteiger partial charge in [-0.2, -0.15) is 0 Å². The first-order chi connectivity index (χ1) is 29.3. The second-order valence-corrected chi connectivity index (χ2v) is 18.4. The van der Waals surface area contributed by atoms with Crippen molar-refractivity contribution < 1.29 is 44.2 Å². The standard InChI is InChI=1S/C50H98FNO8/c1-3-5-7-9-11-13-15-17-18-19-20-21-22-23-24-25-26-27-29-31-33-35-37-39-45(54)52-42(41-59-50-49(58)48(57)47(56)44(40-51)60-50)46(55)43(53)38-36-34-32-30-28-16-14-12-10-8-6-4-2/h42-44,46-50,53,55-58H,3-41H2,1-2H3,(H,52,54)/t42-,43+,44+,46-,47-,48-,49+,50-/m0/s1. The van der Waals surface area contributed by atoms with Crippen molar-refractivity contribution in [3.05, 3.63) is 0 Å². The first-order valence-corrected chi connectivity index (χ1v) is 25.8. The molecular weight excluding hydrogens is 762 g/mol. The lowest BCUT2D eigenvalue weighted by molar-refractivity contribution is -0.300. The van der Waals surface area contributed by atoms with Gasteiger partial charge in [-0.3, -0.25) is 4.79 Å². The molecule has 1 rings (SSSR count). The molecule has 1 aliphatic rings. The Morgan fingerprint density at radius 2 is 0.883 bits per heavy atom. The lowest BCUT2D eigenvalue weighted by Crippen LogP contribution is -2.60. The maximum Gasteiger partial charge on any atom is 0.220 e. The normalized spacial score (nSPS) is 21.0. The first-order valence-electron chi connectivity index (χ1n) is 25.8. The van der Waals surface area contributed by atoms with Crippen molar-refractivity contribution in [3.63, 3.8) is 0 Å². The average molecular weight is 860 g/mol. The van der Waals surface area contributed by atoms with Crippen molar-refractivity contribution in [3.8, 4) is 0 Å². The monoisotopic (exact) mass is 860 g/mol. The quantitative estimate of drug-likeness (QED) is 0.0332. The van der Waals surface area contributed by atoms with Gasteiger partial charge in [0.05, 0.1) is 18.8 Å². The lowest BCUT2D eigenvalue weighted by atomic mass is 9.98. The fourth-order valence-electron chi connectivity index (χ4n) is 8.59. The molecule has 358 valence electrons. The molecule has 0 aromatic heterocycles. The Kier molecular flexibility index (Phi) is 38.9. The number of aliphatic hydroxyl groups excluding tert-OH is 5. The van der Waals surface area contributed by atoms with Crippen LogP contribution in [-0.4, -0.2) is 93.7 Å². The van der Waals surface area contributed by atoms with Crippen molar-refractivity contribution in [2.45, 2.75) is 300 Å². The van der Waals surface area contributed by atoms with E-state index in [0.717, 1.165) is 44.9 Å². The molecule has 0 unspecified atom stereocenters. The van der Waals surface area contributed by atoms with Crippen molar-refractivity contribution in [1.29, 1.82) is 0 Å². The Bertz CT molecular complexity index is 931. The van der Waals surface area contributed by atoms with E-state index >= 15 is 0 Å². The second-order valence-electron chi connectivity index (χ2n) is 18.4. The highest BCUT2D eigenvalue weighted by atomic mass is 19.1. The van der Waals surface area contributed by atoms with Crippen LogP contribution in [-0.2, 0) is 14.3 Å². The van der Waals surface area contributed by atoms with Crippen LogP contribution in [0.2, 0.25) is 0 Å². The van der Waals surface area contributed by atoms with Gasteiger partial charge in [-0.15, -0.1) is 0 Å². The average Bonchev–Trinajstić information content (AvgIpc) is 3.25. The minimum absolute atomic E-state index is 0.272. The summed E-state index contributed by atoms with van der Waals surface area (Å²) in [7, 11) is 0. The van der Waals surface area contributed by atoms with Crippen LogP contribution in [0.15, 0.2) is 0 Å². The van der Waals surface area contributed by atoms with Gasteiger partial charge in [-0.1, -0.05) is 232 Å². The molecule has 1 heterocycles. The number of ether oxygens (including phenoxy) is 2. The topological polar surface area (TPSA) is 149 Å². The molecule has 8 atom stereocenters. The van der Waals surface area contributed by atoms with Crippen molar-refractivity contribution in [2.24, 2.45) is 0 Å². The maximum atomic E-state index is 13.4. The smallest absolute Gasteiger partial charge is 0.220 e. The van der Waals surface area contributed by atoms with E-state index in [-0.39, 0.29) is 18.9 Å². The molecule has 1 saturated heterocycles. The van der Waals surface area contributed by atoms with E-state index in [1.54, 1.807) is 0 Å². The number of carbonyl (C=O) groups excluding carboxylic acids is 1. The molecule has 10 heteroatoms. The van der Waals surface area contributed by atoms with Gasteiger partial charge >= 0.3 is 0 Å². The van der Waals surface area contributed by atoms with Crippen LogP contribution in [0.5, 0.6) is 0 Å². The van der Waals surface area contributed by atoms with Gasteiger partial charge in [0.2, 0.25) is 5.91 Å². The predicted octanol–water partition coefficient (Wildman–Crippen LogP) is 11.5. The summed E-state index contributed by atoms with van der Waals surface area (Å²) in [4.78, 5) is 13.0. The van der Waals surface area contributed by atoms with E-state index in [4.69, 9.17) is 9.47 Å². The Balaban J connectivity index is 2.26. The molecule has 0 radical (unpaired) electrons. The maximum absolute atomic E-state index is 13.4. The summed E-state index contributed by atoms with van der Waals surface area (Å²) in [6.07, 6.45) is 34.6. The number of unbranched alkanes of at least 4 members (excludes halogenated alkanes) is 33. The Morgan fingerprint density at radius 3 is 1.25 bits per heavy atom. The largest absolute Gasteiger partial charge is 0.390 e. The van der Waals surface area contributed by atoms with Crippen LogP contribution in [0.1, 0.15) is 251 Å². The molecular formula is C50H98FNO8. The number of halogens is 1. The highest BCUT2D eigenvalue weighted by Crippen LogP contribution is 2.24. The van der Waals surface area contributed by atoms with Gasteiger partial charge in [0, 0.05) is 6.42 Å². The highest BCUT2D eigenvalue weighted by Gasteiger charge is 2.45. The fourth-order valence-corrected chi connectivity index (χ4v) is 8.59. The molecule has 6 N–H and O–H groups in total. The molecule has 0 aliphatic carbocycles. The first kappa shape index (κ1) is 57.1. The van der Waals surface area contributed by atoms with Crippen LogP contribution in [0.4, 0.5) is 4.39 Å². The summed E-state index contributed by atoms with van der Waals surface area (Å²) in [5.41, 5.74) is 0. The zero-order chi connectivity index (χ0) is 43.9. The van der Waals surface area contributed by atoms with Crippen LogP contribution >= 0.6 is 0 Å². The van der Waals surface area contributed by atoms with Gasteiger partial charge in [0.1, 0.15) is 37.2 Å². The number of nitrogens with one attached hydrogen (secondary N) is 1. The summed E-state index contributed by atoms with van der Waals surface area (Å²) >= 11 is 0. The van der Waals surface area contributed by atoms with E-state index in [1.807, 2.05) is 0 Å². The van der Waals surface area contributed by atoms with Gasteiger partial charge in [0.25, 0.3) is 0 Å². The van der Waals surface area contributed by atoms with Crippen molar-refractivity contribution in [2.75, 3.05) is 13.3 Å². The number of alkyl halides is 1. The van der Waals surface area contributed by atoms with Crippen LogP contribution in [0, 0.1) is 0 Å². The number of hydrogen-bond donors (Lipinski definition) is 6. The minimum Gasteiger partial charge on any atom is -0.390 e. The number of aliphatic hydroxyl groups is 5. The predicted molar refractivity (Wildman–Crippen MR) is 245 cm³/mol. The van der Waals surface area contributed by atoms with Gasteiger partial charge in [-0.25, -0.2) is 4.39 Å². The third-order valence-electron chi connectivity index (χ3n) is 12.8. The summed E-state index contributed by atoms with van der Waals surface area (Å²) in [5.74, 6) is -0.272. The number of carbonyl (C=O) groups is 1. The fraction of sp³-hybridized carbons (Fsp3) is 0.980. The van der Waals surface area contributed by atoms with E-state index in [9.17, 15) is 34.7 Å². The molecule has 60 heavy (non-hydrogen) atoms. The summed E-state index contributed by atoms with van der Waals surface area (Å²) in [6.45, 7) is 3.08. The Labute approximate surface area is 368 Å². The van der Waals surface area contributed by atoms with Crippen LogP contribution < -0.4 is 5.32 Å². The van der Waals surface area contributed by atoms with E-state index < -0.39 is 55.6 Å². The highest BCUT2D eigenvalue weighted by molar-refractivity contribution is 5.76. The summed E-state index contributed by atoms with van der Waals surface area (Å²) in [6, 6.07) is -1.02. The molecule has 9 nitrogen and oxygen atoms in total. The third kappa shape index (κ3) is 30.2. The van der Waals surface area contributed by atoms with Crippen molar-refractivity contribution in [1.82, 2.24) is 5.32 Å². The third-order valence-corrected chi connectivity index (χ3v) is 12.8. The lowest BCUT2D eigenvalue weighted by Gasteiger charge is -2.40. The molecule has 1 aliphatic heterocycles. The molecule has 0 aromatic rings. The van der Waals surface area contributed by atoms with Gasteiger partial charge in [0.15, 0.2) is 6.29 Å². The molecule has 0 saturated carbocycles. The van der Waals surface area contributed by atoms with E-state index in [1.165, 1.54) is 173 Å². The SMILES string of the molecule is CCCCCCCCCCCCCCCCCCCCCCCCCC(=O)N[C@@H](CO[C@H]1O[C@H](CF)[C@H](O)[C@H](O)[C@H]1O)[C@H](O)[C@H](O)CCCCCCCCCCCCCC. The molecule has 0 spiro atoms. The van der Waals surface area contributed by atoms with Gasteiger partial charge in [-0.05, 0) is 12.8 Å². The minimum atomic E-state index is -1.68. The molecule has 1 fully saturated rings. The Morgan fingerprint density at radius 1 is 0.533 bits per heavy atom. The summed E-state index contributed by atoms with van der Waals surface area (Å²) < 4.78 is 24.4. The zero-order valence-electron chi connectivity index (χ0n) is 39.0. The molecule has 1 amide bonds. The zero-order valence-corrected chi connectivity index (χ0v) is 39.0. The Hall–Kier alpha value is -0.880. The van der Waals surface area contributed by atoms with E-state index in [2.05, 4.69) is 19.2 Å². The molecule has 0 aromatic carbocycles. The van der Waals surface area contributed by atoms with E-state index in [0.29, 0.717) is 12.8 Å². The second kappa shape index (κ2) is 40.9.